The summed E-state index contributed by atoms with van der Waals surface area (Å²) in [5, 5.41) is 0. The fourth-order valence-electron chi connectivity index (χ4n) is 15.0. The maximum absolute atomic E-state index is 7.23. The summed E-state index contributed by atoms with van der Waals surface area (Å²) in [7, 11) is 0. The molecule has 0 bridgehead atoms. The third-order valence-electron chi connectivity index (χ3n) is 19.1. The van der Waals surface area contributed by atoms with Crippen LogP contribution in [0.2, 0.25) is 0 Å². The van der Waals surface area contributed by atoms with Crippen molar-refractivity contribution in [3.63, 3.8) is 0 Å². The van der Waals surface area contributed by atoms with E-state index in [0.29, 0.717) is 0 Å². The molecule has 0 aromatic heterocycles. The van der Waals surface area contributed by atoms with Gasteiger partial charge in [0.2, 0.25) is 6.71 Å². The lowest BCUT2D eigenvalue weighted by molar-refractivity contribution is 0.399. The lowest BCUT2D eigenvalue weighted by atomic mass is 9.34. The van der Waals surface area contributed by atoms with Gasteiger partial charge in [-0.1, -0.05) is 249 Å². The smallest absolute Gasteiger partial charge is 0.249 e. The molecule has 1 spiro atoms. The van der Waals surface area contributed by atoms with E-state index in [0.717, 1.165) is 113 Å². The van der Waals surface area contributed by atoms with E-state index in [9.17, 15) is 0 Å². The van der Waals surface area contributed by atoms with Gasteiger partial charge in [-0.15, -0.1) is 0 Å². The maximum atomic E-state index is 7.23. The molecule has 0 amide bonds. The zero-order valence-electron chi connectivity index (χ0n) is 48.4. The van der Waals surface area contributed by atoms with Crippen LogP contribution in [0.15, 0.2) is 301 Å². The highest BCUT2D eigenvalue weighted by Crippen LogP contribution is 2.62. The molecule has 5 aliphatic heterocycles. The van der Waals surface area contributed by atoms with Gasteiger partial charge in [-0.3, -0.25) is 0 Å². The highest BCUT2D eigenvalue weighted by Gasteiger charge is 2.51. The van der Waals surface area contributed by atoms with Crippen molar-refractivity contribution in [2.75, 3.05) is 4.90 Å². The van der Waals surface area contributed by atoms with Crippen molar-refractivity contribution >= 4 is 51.9 Å². The first-order valence-electron chi connectivity index (χ1n) is 30.3. The molecule has 88 heavy (non-hydrogen) atoms. The molecule has 4 nitrogen and oxygen atoms in total. The van der Waals surface area contributed by atoms with E-state index in [1.54, 1.807) is 0 Å². The van der Waals surface area contributed by atoms with Crippen molar-refractivity contribution in [2.45, 2.75) is 34.5 Å². The standard InChI is InChI=1S/C82H54BNO3S/c1-81(2)61-31-15-19-35-72(61)86-77-50-67-70(49-66(77)81)84(69-42-40-55(51-23-7-3-8-24-51)43-59(69)53-27-11-5-12-28-53)71-46-58(48-78-79(71)83(67)68-45-57(52-25-9-4-10-26-52)44-60(80(68)88-78)54-29-13-6-14-30-54)56-39-41-65-76(47-56)87-75-38-22-18-34-64(75)82(65)62-32-16-20-36-73(62)85-74-37-21-17-33-63(74)82/h3-50H,1-2H3. The van der Waals surface area contributed by atoms with Gasteiger partial charge in [0.15, 0.2) is 0 Å². The normalized spacial score (nSPS) is 14.4. The maximum Gasteiger partial charge on any atom is 0.249 e. The Morgan fingerprint density at radius 3 is 1.38 bits per heavy atom. The topological polar surface area (TPSA) is 30.9 Å². The van der Waals surface area contributed by atoms with Gasteiger partial charge in [-0.2, -0.15) is 0 Å². The minimum atomic E-state index is -0.716. The van der Waals surface area contributed by atoms with Crippen molar-refractivity contribution in [1.29, 1.82) is 0 Å². The fourth-order valence-corrected chi connectivity index (χ4v) is 16.4. The second-order valence-electron chi connectivity index (χ2n) is 24.2. The number of para-hydroxylation sites is 4. The number of rotatable bonds is 6. The molecule has 0 fully saturated rings. The second-order valence-corrected chi connectivity index (χ2v) is 25.3. The minimum absolute atomic E-state index is 0.192. The molecule has 0 unspecified atom stereocenters. The highest BCUT2D eigenvalue weighted by molar-refractivity contribution is 8.00. The van der Waals surface area contributed by atoms with E-state index < -0.39 is 10.8 Å². The highest BCUT2D eigenvalue weighted by atomic mass is 32.2. The molecule has 0 N–H and O–H groups in total. The van der Waals surface area contributed by atoms with E-state index in [2.05, 4.69) is 310 Å². The van der Waals surface area contributed by atoms with Gasteiger partial charge in [-0.05, 0) is 134 Å². The molecule has 0 aliphatic carbocycles. The molecule has 13 aromatic rings. The van der Waals surface area contributed by atoms with Crippen LogP contribution in [-0.4, -0.2) is 6.71 Å². The fraction of sp³-hybridized carbons (Fsp3) is 0.0488. The summed E-state index contributed by atoms with van der Waals surface area (Å²) >= 11 is 1.89. The molecule has 6 heteroatoms. The number of hydrogen-bond donors (Lipinski definition) is 0. The summed E-state index contributed by atoms with van der Waals surface area (Å²) in [5.41, 5.74) is 24.0. The summed E-state index contributed by atoms with van der Waals surface area (Å²) in [5.74, 6) is 5.09. The number of benzene rings is 13. The van der Waals surface area contributed by atoms with Crippen LogP contribution < -0.4 is 35.5 Å². The number of anilines is 3. The Kier molecular flexibility index (Phi) is 11.2. The Morgan fingerprint density at radius 2 is 0.761 bits per heavy atom. The van der Waals surface area contributed by atoms with Crippen molar-refractivity contribution < 1.29 is 14.2 Å². The molecule has 18 rings (SSSR count). The van der Waals surface area contributed by atoms with Crippen LogP contribution in [0.4, 0.5) is 17.1 Å². The first-order valence-corrected chi connectivity index (χ1v) is 31.1. The zero-order valence-corrected chi connectivity index (χ0v) is 49.2. The average Bonchev–Trinajstić information content (AvgIpc) is 0.796. The SMILES string of the molecule is CC1(C)c2ccccc2Oc2cc3c(cc21)N(c1ccc(-c2ccccc2)cc1-c1ccccc1)c1cc(-c2ccc4c(c2)Oc2ccccc2C42c4ccccc4Oc4ccccc42)cc2c1B3c1cc(-c3ccccc3)cc(-c3ccccc3)c1S2. The van der Waals surface area contributed by atoms with Gasteiger partial charge in [0, 0.05) is 65.5 Å². The minimum Gasteiger partial charge on any atom is -0.457 e. The molecule has 0 saturated carbocycles. The van der Waals surface area contributed by atoms with Crippen LogP contribution in [0.5, 0.6) is 34.5 Å². The van der Waals surface area contributed by atoms with E-state index in [4.69, 9.17) is 14.2 Å². The van der Waals surface area contributed by atoms with Gasteiger partial charge in [0.1, 0.15) is 34.5 Å². The van der Waals surface area contributed by atoms with Gasteiger partial charge < -0.3 is 19.1 Å². The lowest BCUT2D eigenvalue weighted by Gasteiger charge is -2.45. The predicted molar refractivity (Wildman–Crippen MR) is 361 cm³/mol. The Hall–Kier alpha value is -10.5. The monoisotopic (exact) mass is 1140 g/mol. The van der Waals surface area contributed by atoms with E-state index in [1.807, 2.05) is 11.8 Å². The third-order valence-corrected chi connectivity index (χ3v) is 20.3. The van der Waals surface area contributed by atoms with Crippen LogP contribution in [0.1, 0.15) is 47.2 Å². The van der Waals surface area contributed by atoms with Gasteiger partial charge in [0.05, 0.1) is 11.1 Å². The van der Waals surface area contributed by atoms with E-state index in [-0.39, 0.29) is 6.71 Å². The Labute approximate surface area is 517 Å². The van der Waals surface area contributed by atoms with E-state index in [1.165, 1.54) is 54.0 Å². The van der Waals surface area contributed by atoms with Crippen molar-refractivity contribution in [1.82, 2.24) is 0 Å². The third kappa shape index (κ3) is 7.55. The van der Waals surface area contributed by atoms with E-state index >= 15 is 0 Å². The van der Waals surface area contributed by atoms with Gasteiger partial charge >= 0.3 is 0 Å². The molecular weight excluding hydrogens is 1090 g/mol. The molecule has 5 aliphatic rings. The summed E-state index contributed by atoms with van der Waals surface area (Å²) in [6.45, 7) is 4.51. The van der Waals surface area contributed by atoms with Gasteiger partial charge in [0.25, 0.3) is 0 Å². The number of nitrogens with zero attached hydrogens (tertiary/aromatic N) is 1. The van der Waals surface area contributed by atoms with Crippen LogP contribution >= 0.6 is 11.8 Å². The Balaban J connectivity index is 0.936. The first-order chi connectivity index (χ1) is 43.4. The van der Waals surface area contributed by atoms with Crippen LogP contribution in [-0.2, 0) is 10.8 Å². The molecule has 0 saturated heterocycles. The first kappa shape index (κ1) is 50.8. The van der Waals surface area contributed by atoms with Gasteiger partial charge in [-0.25, -0.2) is 0 Å². The Morgan fingerprint density at radius 1 is 0.307 bits per heavy atom. The molecular formula is C82H54BNO3S. The average molecular weight is 1140 g/mol. The molecule has 5 heterocycles. The predicted octanol–water partition coefficient (Wildman–Crippen LogP) is 19.8. The Bertz CT molecular complexity index is 4960. The van der Waals surface area contributed by atoms with Crippen LogP contribution in [0.3, 0.4) is 0 Å². The molecule has 414 valence electrons. The van der Waals surface area contributed by atoms with Crippen LogP contribution in [0.25, 0.3) is 55.6 Å². The van der Waals surface area contributed by atoms with Crippen molar-refractivity contribution in [3.8, 4) is 90.1 Å². The molecule has 0 atom stereocenters. The summed E-state index contributed by atoms with van der Waals surface area (Å²) in [6.07, 6.45) is 0. The summed E-state index contributed by atoms with van der Waals surface area (Å²) in [6, 6.07) is 106. The number of ether oxygens (including phenoxy) is 3. The van der Waals surface area contributed by atoms with Crippen LogP contribution in [0, 0.1) is 0 Å². The largest absolute Gasteiger partial charge is 0.457 e. The molecule has 0 radical (unpaired) electrons. The summed E-state index contributed by atoms with van der Waals surface area (Å²) < 4.78 is 21.1. The second kappa shape index (κ2) is 19.5. The van der Waals surface area contributed by atoms with Crippen molar-refractivity contribution in [2.24, 2.45) is 0 Å². The number of fused-ring (bicyclic) bond motifs is 14. The number of hydrogen-bond acceptors (Lipinski definition) is 5. The zero-order chi connectivity index (χ0) is 58.2. The lowest BCUT2D eigenvalue weighted by Crippen LogP contribution is -2.60. The van der Waals surface area contributed by atoms with Crippen molar-refractivity contribution in [3.05, 3.63) is 325 Å². The summed E-state index contributed by atoms with van der Waals surface area (Å²) in [4.78, 5) is 5.05. The quantitative estimate of drug-likeness (QED) is 0.155. The molecule has 13 aromatic carbocycles.